The lowest BCUT2D eigenvalue weighted by Crippen LogP contribution is -2.48. The Kier molecular flexibility index (Phi) is 3.85. The monoisotopic (exact) mass is 263 g/mol. The smallest absolute Gasteiger partial charge is 0.187 e. The molecule has 0 heterocycles. The fourth-order valence-corrected chi connectivity index (χ4v) is 3.05. The fourth-order valence-electron chi connectivity index (χ4n) is 2.91. The van der Waals surface area contributed by atoms with E-state index in [9.17, 15) is 0 Å². The molecule has 0 aromatic rings. The predicted molar refractivity (Wildman–Crippen MR) is 80.5 cm³/mol. The lowest BCUT2D eigenvalue weighted by atomic mass is 9.49. The van der Waals surface area contributed by atoms with Gasteiger partial charge in [-0.1, -0.05) is 26.0 Å². The Morgan fingerprint density at radius 2 is 2.44 bits per heavy atom. The highest BCUT2D eigenvalue weighted by molar-refractivity contribution is 7.80. The molecule has 3 nitrogen and oxygen atoms in total. The van der Waals surface area contributed by atoms with E-state index in [4.69, 9.17) is 12.2 Å². The van der Waals surface area contributed by atoms with E-state index in [1.807, 2.05) is 6.21 Å². The van der Waals surface area contributed by atoms with Crippen molar-refractivity contribution < 1.29 is 0 Å². The van der Waals surface area contributed by atoms with Crippen LogP contribution < -0.4 is 10.7 Å². The van der Waals surface area contributed by atoms with Gasteiger partial charge in [0.05, 0.1) is 6.21 Å². The van der Waals surface area contributed by atoms with E-state index in [2.05, 4.69) is 42.3 Å². The van der Waals surface area contributed by atoms with Crippen molar-refractivity contribution in [3.63, 3.8) is 0 Å². The number of nitrogens with one attached hydrogen (secondary N) is 2. The van der Waals surface area contributed by atoms with E-state index in [0.29, 0.717) is 23.0 Å². The molecule has 98 valence electrons. The molecule has 0 aromatic heterocycles. The van der Waals surface area contributed by atoms with E-state index in [0.717, 1.165) is 5.92 Å². The summed E-state index contributed by atoms with van der Waals surface area (Å²) in [6.45, 7) is 8.99. The van der Waals surface area contributed by atoms with Gasteiger partial charge in [-0.2, -0.15) is 5.10 Å². The second-order valence-electron chi connectivity index (χ2n) is 5.62. The van der Waals surface area contributed by atoms with Crippen molar-refractivity contribution in [1.82, 2.24) is 10.7 Å². The molecule has 18 heavy (non-hydrogen) atoms. The summed E-state index contributed by atoms with van der Waals surface area (Å²) >= 11 is 5.07. The molecule has 3 aliphatic carbocycles. The molecule has 3 rings (SSSR count). The van der Waals surface area contributed by atoms with Crippen molar-refractivity contribution in [1.29, 1.82) is 0 Å². The molecule has 0 aromatic carbocycles. The molecular weight excluding hydrogens is 242 g/mol. The van der Waals surface area contributed by atoms with Gasteiger partial charge in [-0.25, -0.2) is 0 Å². The van der Waals surface area contributed by atoms with Crippen LogP contribution in [0.25, 0.3) is 0 Å². The van der Waals surface area contributed by atoms with Gasteiger partial charge in [0.1, 0.15) is 0 Å². The minimum atomic E-state index is 0.442. The molecule has 1 saturated carbocycles. The maximum Gasteiger partial charge on any atom is 0.187 e. The second-order valence-corrected chi connectivity index (χ2v) is 6.02. The zero-order valence-corrected chi connectivity index (χ0v) is 11.9. The molecule has 0 aliphatic heterocycles. The van der Waals surface area contributed by atoms with Crippen LogP contribution in [-0.4, -0.2) is 17.9 Å². The Labute approximate surface area is 114 Å². The van der Waals surface area contributed by atoms with Crippen molar-refractivity contribution in [3.05, 3.63) is 24.3 Å². The Morgan fingerprint density at radius 3 is 3.06 bits per heavy atom. The molecule has 0 radical (unpaired) electrons. The standard InChI is InChI=1S/C14H21N3S/c1-4-7-15-13(18)17-16-9-10-5-6-11-8-12(10)14(11,2)3/h4-5,9,11-12H,1,6-8H2,2-3H3,(H2,15,17,18)/b16-9-/t11-,12-/m0/s1. The Hall–Kier alpha value is -1.16. The van der Waals surface area contributed by atoms with Crippen LogP contribution in [0.3, 0.4) is 0 Å². The van der Waals surface area contributed by atoms with Crippen LogP contribution in [0.1, 0.15) is 26.7 Å². The van der Waals surface area contributed by atoms with Crippen LogP contribution in [-0.2, 0) is 0 Å². The minimum absolute atomic E-state index is 0.442. The molecule has 2 bridgehead atoms. The molecule has 0 spiro atoms. The van der Waals surface area contributed by atoms with E-state index < -0.39 is 0 Å². The van der Waals surface area contributed by atoms with E-state index in [-0.39, 0.29) is 0 Å². The number of allylic oxidation sites excluding steroid dienone is 2. The molecular formula is C14H21N3S. The molecule has 0 amide bonds. The van der Waals surface area contributed by atoms with Crippen LogP contribution in [0.2, 0.25) is 0 Å². The van der Waals surface area contributed by atoms with Crippen molar-refractivity contribution in [2.45, 2.75) is 26.7 Å². The van der Waals surface area contributed by atoms with E-state index >= 15 is 0 Å². The summed E-state index contributed by atoms with van der Waals surface area (Å²) in [5, 5.41) is 7.72. The fraction of sp³-hybridized carbons (Fsp3) is 0.571. The van der Waals surface area contributed by atoms with Gasteiger partial charge in [0.2, 0.25) is 0 Å². The SMILES string of the molecule is C=CCNC(=S)N/N=C\C1=CC[C@H]2C[C@@H]1C2(C)C. The Bertz CT molecular complexity index is 409. The lowest BCUT2D eigenvalue weighted by Gasteiger charge is -2.55. The van der Waals surface area contributed by atoms with Gasteiger partial charge in [0.25, 0.3) is 0 Å². The summed E-state index contributed by atoms with van der Waals surface area (Å²) in [7, 11) is 0. The van der Waals surface area contributed by atoms with Gasteiger partial charge < -0.3 is 5.32 Å². The van der Waals surface area contributed by atoms with Gasteiger partial charge in [-0.15, -0.1) is 6.58 Å². The average Bonchev–Trinajstić information content (AvgIpc) is 2.36. The van der Waals surface area contributed by atoms with Gasteiger partial charge in [-0.05, 0) is 47.9 Å². The zero-order chi connectivity index (χ0) is 13.2. The minimum Gasteiger partial charge on any atom is -0.358 e. The van der Waals surface area contributed by atoms with Gasteiger partial charge in [0, 0.05) is 6.54 Å². The van der Waals surface area contributed by atoms with E-state index in [1.54, 1.807) is 6.08 Å². The third kappa shape index (κ3) is 2.48. The molecule has 0 saturated heterocycles. The molecule has 2 N–H and O–H groups in total. The normalized spacial score (nSPS) is 28.2. The van der Waals surface area contributed by atoms with Crippen LogP contribution in [0, 0.1) is 17.3 Å². The number of fused-ring (bicyclic) bond motifs is 1. The van der Waals surface area contributed by atoms with Crippen LogP contribution >= 0.6 is 12.2 Å². The first-order valence-corrected chi connectivity index (χ1v) is 6.84. The van der Waals surface area contributed by atoms with Crippen molar-refractivity contribution in [2.75, 3.05) is 6.54 Å². The number of thiocarbonyl (C=S) groups is 1. The summed E-state index contributed by atoms with van der Waals surface area (Å²) in [6.07, 6.45) is 8.49. The van der Waals surface area contributed by atoms with Gasteiger partial charge in [0.15, 0.2) is 5.11 Å². The second kappa shape index (κ2) is 5.22. The summed E-state index contributed by atoms with van der Waals surface area (Å²) in [6, 6.07) is 0. The summed E-state index contributed by atoms with van der Waals surface area (Å²) in [5.41, 5.74) is 4.62. The predicted octanol–water partition coefficient (Wildman–Crippen LogP) is 2.61. The maximum atomic E-state index is 5.07. The highest BCUT2D eigenvalue weighted by Gasteiger charge is 2.50. The maximum absolute atomic E-state index is 5.07. The van der Waals surface area contributed by atoms with Crippen molar-refractivity contribution >= 4 is 23.5 Å². The summed E-state index contributed by atoms with van der Waals surface area (Å²) < 4.78 is 0. The topological polar surface area (TPSA) is 36.4 Å². The number of hydrogen-bond donors (Lipinski definition) is 2. The highest BCUT2D eigenvalue weighted by Crippen LogP contribution is 2.58. The van der Waals surface area contributed by atoms with E-state index in [1.165, 1.54) is 18.4 Å². The number of hydrazone groups is 1. The van der Waals surface area contributed by atoms with Crippen molar-refractivity contribution in [2.24, 2.45) is 22.4 Å². The van der Waals surface area contributed by atoms with Gasteiger partial charge >= 0.3 is 0 Å². The highest BCUT2D eigenvalue weighted by atomic mass is 32.1. The Morgan fingerprint density at radius 1 is 1.67 bits per heavy atom. The summed E-state index contributed by atoms with van der Waals surface area (Å²) in [5.74, 6) is 1.53. The largest absolute Gasteiger partial charge is 0.358 e. The molecule has 0 unspecified atom stereocenters. The number of rotatable bonds is 4. The summed E-state index contributed by atoms with van der Waals surface area (Å²) in [4.78, 5) is 0. The zero-order valence-electron chi connectivity index (χ0n) is 11.1. The molecule has 3 aliphatic rings. The van der Waals surface area contributed by atoms with Gasteiger partial charge in [-0.3, -0.25) is 5.43 Å². The Balaban J connectivity index is 1.85. The first kappa shape index (κ1) is 13.3. The quantitative estimate of drug-likeness (QED) is 0.354. The average molecular weight is 263 g/mol. The molecule has 2 atom stereocenters. The number of nitrogens with zero attached hydrogens (tertiary/aromatic N) is 1. The third-order valence-electron chi connectivity index (χ3n) is 4.30. The third-order valence-corrected chi connectivity index (χ3v) is 4.53. The number of hydrogen-bond acceptors (Lipinski definition) is 2. The molecule has 1 fully saturated rings. The first-order chi connectivity index (χ1) is 8.55. The van der Waals surface area contributed by atoms with Crippen LogP contribution in [0.5, 0.6) is 0 Å². The van der Waals surface area contributed by atoms with Crippen LogP contribution in [0.4, 0.5) is 0 Å². The van der Waals surface area contributed by atoms with Crippen molar-refractivity contribution in [3.8, 4) is 0 Å². The lowest BCUT2D eigenvalue weighted by molar-refractivity contribution is -0.00126. The van der Waals surface area contributed by atoms with Crippen LogP contribution in [0.15, 0.2) is 29.4 Å². The first-order valence-electron chi connectivity index (χ1n) is 6.43. The molecule has 4 heteroatoms.